The van der Waals surface area contributed by atoms with Gasteiger partial charge >= 0.3 is 7.12 Å². The average Bonchev–Trinajstić information content (AvgIpc) is 3.39. The van der Waals surface area contributed by atoms with Crippen LogP contribution in [-0.2, 0) is 30.2 Å². The Kier molecular flexibility index (Phi) is 11.9. The lowest BCUT2D eigenvalue weighted by Crippen LogP contribution is -2.41. The highest BCUT2D eigenvalue weighted by Crippen LogP contribution is 2.36. The van der Waals surface area contributed by atoms with Gasteiger partial charge in [0.1, 0.15) is 5.82 Å². The smallest absolute Gasteiger partial charge is 0.399 e. The zero-order valence-corrected chi connectivity index (χ0v) is 25.0. The van der Waals surface area contributed by atoms with Crippen molar-refractivity contribution in [3.05, 3.63) is 36.2 Å². The quantitative estimate of drug-likeness (QED) is 0.328. The molecular weight excluding hydrogens is 495 g/mol. The topological polar surface area (TPSA) is 106 Å². The highest BCUT2D eigenvalue weighted by atomic mass is 16.7. The van der Waals surface area contributed by atoms with Crippen molar-refractivity contribution >= 4 is 46.7 Å². The number of imidazole rings is 1. The van der Waals surface area contributed by atoms with Gasteiger partial charge in [-0.25, -0.2) is 4.98 Å². The van der Waals surface area contributed by atoms with Crippen LogP contribution in [0.1, 0.15) is 67.1 Å². The molecule has 1 aromatic heterocycles. The van der Waals surface area contributed by atoms with E-state index in [1.165, 1.54) is 6.42 Å². The van der Waals surface area contributed by atoms with Crippen molar-refractivity contribution in [2.75, 3.05) is 27.3 Å². The number of methoxy groups -OCH3 is 1. The summed E-state index contributed by atoms with van der Waals surface area (Å²) in [5.74, 6) is 0.571. The van der Waals surface area contributed by atoms with Gasteiger partial charge in [0.05, 0.1) is 35.3 Å². The number of H-pyrrole nitrogens is 1. The van der Waals surface area contributed by atoms with Gasteiger partial charge in [-0.1, -0.05) is 51.5 Å². The summed E-state index contributed by atoms with van der Waals surface area (Å²) in [6, 6.07) is 10.2. The predicted octanol–water partition coefficient (Wildman–Crippen LogP) is 4.18. The number of fused-ring (bicyclic) bond motifs is 3. The van der Waals surface area contributed by atoms with Crippen molar-refractivity contribution < 1.29 is 23.6 Å². The van der Waals surface area contributed by atoms with Gasteiger partial charge < -0.3 is 29.2 Å². The molecule has 1 fully saturated rings. The van der Waals surface area contributed by atoms with Crippen molar-refractivity contribution in [2.45, 2.75) is 79.1 Å². The van der Waals surface area contributed by atoms with Gasteiger partial charge in [-0.2, -0.15) is 0 Å². The molecule has 1 aliphatic heterocycles. The Bertz CT molecular complexity index is 1210. The van der Waals surface area contributed by atoms with Crippen LogP contribution in [0.25, 0.3) is 21.8 Å². The zero-order chi connectivity index (χ0) is 29.2. The minimum atomic E-state index is -0.418. The van der Waals surface area contributed by atoms with Crippen LogP contribution in [0, 0.1) is 0 Å². The number of hydrogen-bond donors (Lipinski definition) is 2. The third-order valence-corrected chi connectivity index (χ3v) is 6.59. The standard InChI is InChI=1S/C24H31BN4O4.C3H8.C2H6O/c1-6-11-29(21(31)13-26-15-30)14-20-27-19-10-7-16-12-17(8-9-18(16)22(19)28-20)25-32-23(2,3)24(4,5)33-25;2*1-3-2/h7-10,12,15H,6,11,13-14H2,1-5H3,(H,26,30)(H,27,28);3H2,1-2H3;1-2H3. The van der Waals surface area contributed by atoms with Crippen LogP contribution < -0.4 is 10.8 Å². The maximum absolute atomic E-state index is 12.4. The van der Waals surface area contributed by atoms with Crippen LogP contribution in [0.2, 0.25) is 0 Å². The predicted molar refractivity (Wildman–Crippen MR) is 158 cm³/mol. The maximum atomic E-state index is 12.4. The van der Waals surface area contributed by atoms with Crippen LogP contribution in [-0.4, -0.2) is 72.8 Å². The summed E-state index contributed by atoms with van der Waals surface area (Å²) in [6.07, 6.45) is 2.60. The molecule has 214 valence electrons. The van der Waals surface area contributed by atoms with E-state index < -0.39 is 18.3 Å². The van der Waals surface area contributed by atoms with Crippen molar-refractivity contribution in [1.82, 2.24) is 20.2 Å². The van der Waals surface area contributed by atoms with Crippen LogP contribution in [0.15, 0.2) is 30.3 Å². The number of carbonyl (C=O) groups is 2. The van der Waals surface area contributed by atoms with Crippen molar-refractivity contribution in [3.63, 3.8) is 0 Å². The molecule has 39 heavy (non-hydrogen) atoms. The van der Waals surface area contributed by atoms with E-state index >= 15 is 0 Å². The lowest BCUT2D eigenvalue weighted by Gasteiger charge is -2.32. The summed E-state index contributed by atoms with van der Waals surface area (Å²) < 4.78 is 16.6. The molecule has 0 bridgehead atoms. The van der Waals surface area contributed by atoms with Crippen molar-refractivity contribution in [3.8, 4) is 0 Å². The number of ether oxygens (including phenoxy) is 1. The Balaban J connectivity index is 0.000000815. The fourth-order valence-electron chi connectivity index (χ4n) is 4.06. The monoisotopic (exact) mass is 540 g/mol. The molecule has 1 saturated heterocycles. The Hall–Kier alpha value is -2.95. The Morgan fingerprint density at radius 1 is 1.10 bits per heavy atom. The van der Waals surface area contributed by atoms with Crippen molar-refractivity contribution in [2.24, 2.45) is 0 Å². The number of nitrogens with one attached hydrogen (secondary N) is 2. The lowest BCUT2D eigenvalue weighted by atomic mass is 9.78. The maximum Gasteiger partial charge on any atom is 0.494 e. The van der Waals surface area contributed by atoms with Gasteiger partial charge in [-0.15, -0.1) is 0 Å². The third kappa shape index (κ3) is 8.03. The molecule has 4 rings (SSSR count). The molecule has 0 atom stereocenters. The first-order chi connectivity index (χ1) is 18.5. The van der Waals surface area contributed by atoms with E-state index in [4.69, 9.17) is 14.3 Å². The summed E-state index contributed by atoms with van der Waals surface area (Å²) in [5, 5.41) is 4.50. The SMILES string of the molecule is CCC.CCCN(Cc1nc2c(ccc3cc(B4OC(C)(C)C(C)(C)O4)ccc32)[nH]1)C(=O)CNC=O.COC. The molecule has 2 N–H and O–H groups in total. The summed E-state index contributed by atoms with van der Waals surface area (Å²) in [5.41, 5.74) is 1.96. The van der Waals surface area contributed by atoms with Crippen LogP contribution >= 0.6 is 0 Å². The summed E-state index contributed by atoms with van der Waals surface area (Å²) in [4.78, 5) is 32.8. The fourth-order valence-corrected chi connectivity index (χ4v) is 4.06. The van der Waals surface area contributed by atoms with E-state index in [-0.39, 0.29) is 12.5 Å². The van der Waals surface area contributed by atoms with Gasteiger partial charge in [-0.05, 0) is 51.0 Å². The summed E-state index contributed by atoms with van der Waals surface area (Å²) >= 11 is 0. The first-order valence-corrected chi connectivity index (χ1v) is 13.6. The average molecular weight is 541 g/mol. The highest BCUT2D eigenvalue weighted by Gasteiger charge is 2.51. The molecule has 0 radical (unpaired) electrons. The van der Waals surface area contributed by atoms with E-state index in [2.05, 4.69) is 41.0 Å². The van der Waals surface area contributed by atoms with E-state index in [0.29, 0.717) is 25.3 Å². The highest BCUT2D eigenvalue weighted by molar-refractivity contribution is 6.62. The Morgan fingerprint density at radius 3 is 2.28 bits per heavy atom. The molecule has 0 saturated carbocycles. The van der Waals surface area contributed by atoms with E-state index in [1.807, 2.05) is 52.8 Å². The summed E-state index contributed by atoms with van der Waals surface area (Å²) in [6.45, 7) is 15.4. The number of amides is 2. The largest absolute Gasteiger partial charge is 0.494 e. The second kappa shape index (κ2) is 14.4. The third-order valence-electron chi connectivity index (χ3n) is 6.59. The Labute approximate surface area is 233 Å². The number of hydrogen-bond acceptors (Lipinski definition) is 6. The summed E-state index contributed by atoms with van der Waals surface area (Å²) in [7, 11) is 2.83. The first kappa shape index (κ1) is 32.3. The number of aromatic amines is 1. The number of carbonyl (C=O) groups excluding carboxylic acids is 2. The molecule has 0 aliphatic carbocycles. The molecule has 0 spiro atoms. The lowest BCUT2D eigenvalue weighted by molar-refractivity contribution is -0.132. The van der Waals surface area contributed by atoms with Crippen LogP contribution in [0.5, 0.6) is 0 Å². The molecule has 1 aliphatic rings. The molecular formula is C29H45BN4O5. The van der Waals surface area contributed by atoms with Gasteiger partial charge in [0.25, 0.3) is 0 Å². The number of rotatable bonds is 8. The Morgan fingerprint density at radius 2 is 1.72 bits per heavy atom. The van der Waals surface area contributed by atoms with Gasteiger partial charge in [0.2, 0.25) is 12.3 Å². The molecule has 10 heteroatoms. The normalized spacial score (nSPS) is 15.3. The first-order valence-electron chi connectivity index (χ1n) is 13.6. The molecule has 9 nitrogen and oxygen atoms in total. The van der Waals surface area contributed by atoms with Crippen molar-refractivity contribution in [1.29, 1.82) is 0 Å². The van der Waals surface area contributed by atoms with Crippen LogP contribution in [0.4, 0.5) is 0 Å². The fraction of sp³-hybridized carbons (Fsp3) is 0.552. The minimum absolute atomic E-state index is 0.0195. The van der Waals surface area contributed by atoms with Gasteiger partial charge in [-0.3, -0.25) is 9.59 Å². The van der Waals surface area contributed by atoms with E-state index in [1.54, 1.807) is 19.1 Å². The van der Waals surface area contributed by atoms with E-state index in [9.17, 15) is 9.59 Å². The second-order valence-electron chi connectivity index (χ2n) is 10.6. The van der Waals surface area contributed by atoms with Gasteiger partial charge in [0, 0.05) is 26.2 Å². The van der Waals surface area contributed by atoms with E-state index in [0.717, 1.165) is 33.7 Å². The zero-order valence-electron chi connectivity index (χ0n) is 25.0. The molecule has 2 heterocycles. The molecule has 2 amide bonds. The number of nitrogens with zero attached hydrogens (tertiary/aromatic N) is 2. The molecule has 0 unspecified atom stereocenters. The minimum Gasteiger partial charge on any atom is -0.399 e. The molecule has 3 aromatic rings. The number of benzene rings is 2. The second-order valence-corrected chi connectivity index (χ2v) is 10.6. The van der Waals surface area contributed by atoms with Gasteiger partial charge in [0.15, 0.2) is 0 Å². The number of aromatic nitrogens is 2. The molecule has 2 aromatic carbocycles. The van der Waals surface area contributed by atoms with Crippen LogP contribution in [0.3, 0.4) is 0 Å².